The molecule has 27 heavy (non-hydrogen) atoms. The van der Waals surface area contributed by atoms with Crippen LogP contribution in [0.15, 0.2) is 6.58 Å². The Morgan fingerprint density at radius 3 is 2.44 bits per heavy atom. The van der Waals surface area contributed by atoms with Crippen LogP contribution in [0.25, 0.3) is 6.08 Å². The number of hydrogen-bond acceptors (Lipinski definition) is 5. The number of alkyl halides is 3. The summed E-state index contributed by atoms with van der Waals surface area (Å²) in [7, 11) is 0. The van der Waals surface area contributed by atoms with Gasteiger partial charge in [-0.3, -0.25) is 4.79 Å². The Bertz CT molecular complexity index is 786. The number of piperidine rings is 1. The molecule has 1 N–H and O–H groups in total. The van der Waals surface area contributed by atoms with Crippen LogP contribution in [0.1, 0.15) is 31.0 Å². The highest BCUT2D eigenvalue weighted by atomic mass is 19.4. The average molecular weight is 382 g/mol. The Hall–Kier alpha value is -2.32. The van der Waals surface area contributed by atoms with Crippen molar-refractivity contribution in [3.8, 4) is 0 Å². The molecule has 1 aliphatic carbocycles. The van der Waals surface area contributed by atoms with Gasteiger partial charge < -0.3 is 14.9 Å². The molecular weight excluding hydrogens is 361 g/mol. The molecule has 0 bridgehead atoms. The standard InChI is InChI=1S/C18H21F3N4O2/c1-3-10-15(18(19,20)21)22-17(25-5-4-9(25)2)23-16(10)24-7-12-11(6-14(26)27)13(12)8-24/h3,9,11-13H,1,4-8H2,2H3,(H,26,27)/t9?,11?,12-,13+. The fourth-order valence-corrected chi connectivity index (χ4v) is 4.36. The summed E-state index contributed by atoms with van der Waals surface area (Å²) in [5.41, 5.74) is -1.06. The zero-order valence-electron chi connectivity index (χ0n) is 14.9. The number of rotatable bonds is 5. The topological polar surface area (TPSA) is 69.6 Å². The Balaban J connectivity index is 1.67. The Morgan fingerprint density at radius 2 is 2.00 bits per heavy atom. The van der Waals surface area contributed by atoms with E-state index >= 15 is 0 Å². The van der Waals surface area contributed by atoms with E-state index in [1.807, 2.05) is 11.8 Å². The fraction of sp³-hybridized carbons (Fsp3) is 0.611. The average Bonchev–Trinajstić information content (AvgIpc) is 3.02. The quantitative estimate of drug-likeness (QED) is 0.845. The molecule has 3 aliphatic rings. The lowest BCUT2D eigenvalue weighted by Gasteiger charge is -2.39. The van der Waals surface area contributed by atoms with E-state index in [9.17, 15) is 18.0 Å². The van der Waals surface area contributed by atoms with Gasteiger partial charge in [0.1, 0.15) is 5.82 Å². The summed E-state index contributed by atoms with van der Waals surface area (Å²) in [6.45, 7) is 7.16. The molecule has 146 valence electrons. The maximum atomic E-state index is 13.6. The van der Waals surface area contributed by atoms with E-state index in [1.165, 1.54) is 6.08 Å². The molecule has 3 heterocycles. The number of fused-ring (bicyclic) bond motifs is 1. The van der Waals surface area contributed by atoms with Crippen molar-refractivity contribution in [3.05, 3.63) is 17.8 Å². The number of aliphatic carboxylic acids is 1. The molecule has 0 radical (unpaired) electrons. The Labute approximate surface area is 154 Å². The van der Waals surface area contributed by atoms with Crippen LogP contribution >= 0.6 is 0 Å². The number of carbonyl (C=O) groups is 1. The molecule has 0 aromatic carbocycles. The Kier molecular flexibility index (Phi) is 4.08. The third kappa shape index (κ3) is 3.02. The second kappa shape index (κ2) is 6.10. The van der Waals surface area contributed by atoms with Crippen LogP contribution in [-0.4, -0.2) is 46.7 Å². The minimum Gasteiger partial charge on any atom is -0.481 e. The van der Waals surface area contributed by atoms with E-state index in [2.05, 4.69) is 16.5 Å². The molecule has 1 saturated carbocycles. The van der Waals surface area contributed by atoms with Gasteiger partial charge in [-0.15, -0.1) is 0 Å². The van der Waals surface area contributed by atoms with Crippen LogP contribution in [0, 0.1) is 17.8 Å². The van der Waals surface area contributed by atoms with E-state index in [4.69, 9.17) is 5.11 Å². The van der Waals surface area contributed by atoms with Crippen molar-refractivity contribution in [3.63, 3.8) is 0 Å². The number of carboxylic acids is 1. The number of carboxylic acid groups (broad SMARTS) is 1. The first-order chi connectivity index (χ1) is 12.7. The first-order valence-electron chi connectivity index (χ1n) is 9.05. The van der Waals surface area contributed by atoms with Crippen molar-refractivity contribution in [1.29, 1.82) is 0 Å². The molecule has 2 unspecified atom stereocenters. The van der Waals surface area contributed by atoms with Crippen molar-refractivity contribution in [2.75, 3.05) is 29.4 Å². The van der Waals surface area contributed by atoms with Crippen LogP contribution in [0.4, 0.5) is 24.9 Å². The summed E-state index contributed by atoms with van der Waals surface area (Å²) in [5.74, 6) is 0.0452. The van der Waals surface area contributed by atoms with Gasteiger partial charge >= 0.3 is 12.1 Å². The highest BCUT2D eigenvalue weighted by molar-refractivity contribution is 5.70. The van der Waals surface area contributed by atoms with Crippen LogP contribution in [0.2, 0.25) is 0 Å². The molecule has 2 aliphatic heterocycles. The van der Waals surface area contributed by atoms with E-state index < -0.39 is 17.8 Å². The first-order valence-corrected chi connectivity index (χ1v) is 9.05. The van der Waals surface area contributed by atoms with Crippen LogP contribution in [-0.2, 0) is 11.0 Å². The number of aromatic nitrogens is 2. The van der Waals surface area contributed by atoms with Crippen LogP contribution in [0.3, 0.4) is 0 Å². The molecule has 1 aromatic heterocycles. The van der Waals surface area contributed by atoms with Gasteiger partial charge in [-0.05, 0) is 31.1 Å². The third-order valence-electron chi connectivity index (χ3n) is 6.04. The van der Waals surface area contributed by atoms with Crippen molar-refractivity contribution < 1.29 is 23.1 Å². The van der Waals surface area contributed by atoms with E-state index in [-0.39, 0.29) is 47.5 Å². The van der Waals surface area contributed by atoms with Crippen LogP contribution in [0.5, 0.6) is 0 Å². The molecule has 4 rings (SSSR count). The van der Waals surface area contributed by atoms with Gasteiger partial charge in [0.15, 0.2) is 5.69 Å². The van der Waals surface area contributed by atoms with Gasteiger partial charge in [-0.25, -0.2) is 4.98 Å². The molecule has 9 heteroatoms. The molecular formula is C18H21F3N4O2. The number of nitrogens with zero attached hydrogens (tertiary/aromatic N) is 4. The van der Waals surface area contributed by atoms with Crippen molar-refractivity contribution in [2.45, 2.75) is 32.0 Å². The molecule has 6 nitrogen and oxygen atoms in total. The van der Waals surface area contributed by atoms with Crippen molar-refractivity contribution >= 4 is 23.8 Å². The summed E-state index contributed by atoms with van der Waals surface area (Å²) in [6, 6.07) is 0.112. The molecule has 1 aromatic rings. The second-order valence-electron chi connectivity index (χ2n) is 7.64. The zero-order valence-corrected chi connectivity index (χ0v) is 14.9. The smallest absolute Gasteiger partial charge is 0.434 e. The summed E-state index contributed by atoms with van der Waals surface area (Å²) in [4.78, 5) is 22.8. The van der Waals surface area contributed by atoms with Gasteiger partial charge in [0.25, 0.3) is 0 Å². The molecule has 2 saturated heterocycles. The van der Waals surface area contributed by atoms with Crippen LogP contribution < -0.4 is 9.80 Å². The maximum Gasteiger partial charge on any atom is 0.434 e. The first kappa shape index (κ1) is 18.1. The fourth-order valence-electron chi connectivity index (χ4n) is 4.36. The second-order valence-corrected chi connectivity index (χ2v) is 7.64. The normalized spacial score (nSPS) is 29.3. The van der Waals surface area contributed by atoms with E-state index in [0.717, 1.165) is 6.42 Å². The summed E-state index contributed by atoms with van der Waals surface area (Å²) >= 11 is 0. The number of anilines is 2. The lowest BCUT2D eigenvalue weighted by Crippen LogP contribution is -2.47. The monoisotopic (exact) mass is 382 g/mol. The lowest BCUT2D eigenvalue weighted by atomic mass is 10.1. The summed E-state index contributed by atoms with van der Waals surface area (Å²) < 4.78 is 40.8. The summed E-state index contributed by atoms with van der Waals surface area (Å²) in [6.07, 6.45) is -2.42. The molecule has 3 fully saturated rings. The Morgan fingerprint density at radius 1 is 1.33 bits per heavy atom. The predicted molar refractivity (Wildman–Crippen MR) is 93.5 cm³/mol. The van der Waals surface area contributed by atoms with E-state index in [1.54, 1.807) is 4.90 Å². The zero-order chi connectivity index (χ0) is 19.5. The predicted octanol–water partition coefficient (Wildman–Crippen LogP) is 2.89. The van der Waals surface area contributed by atoms with Gasteiger partial charge in [0, 0.05) is 37.7 Å². The summed E-state index contributed by atoms with van der Waals surface area (Å²) in [5, 5.41) is 8.95. The molecule has 4 atom stereocenters. The van der Waals surface area contributed by atoms with E-state index in [0.29, 0.717) is 19.6 Å². The highest BCUT2D eigenvalue weighted by Crippen LogP contribution is 2.54. The van der Waals surface area contributed by atoms with Gasteiger partial charge in [0.05, 0.1) is 0 Å². The SMILES string of the molecule is C=Cc1c(N2C[C@@H]3C(CC(=O)O)[C@@H]3C2)nc(N2CCC2C)nc1C(F)(F)F. The van der Waals surface area contributed by atoms with Gasteiger partial charge in [-0.2, -0.15) is 18.2 Å². The molecule has 0 amide bonds. The van der Waals surface area contributed by atoms with Gasteiger partial charge in [0.2, 0.25) is 5.95 Å². The van der Waals surface area contributed by atoms with Gasteiger partial charge in [-0.1, -0.05) is 12.7 Å². The number of halogens is 3. The minimum absolute atomic E-state index is 0.101. The number of hydrogen-bond donors (Lipinski definition) is 1. The van der Waals surface area contributed by atoms with Crippen molar-refractivity contribution in [2.24, 2.45) is 17.8 Å². The maximum absolute atomic E-state index is 13.6. The lowest BCUT2D eigenvalue weighted by molar-refractivity contribution is -0.141. The van der Waals surface area contributed by atoms with Crippen molar-refractivity contribution in [1.82, 2.24) is 9.97 Å². The highest BCUT2D eigenvalue weighted by Gasteiger charge is 2.56. The largest absolute Gasteiger partial charge is 0.481 e. The minimum atomic E-state index is -4.60. The molecule has 0 spiro atoms. The third-order valence-corrected chi connectivity index (χ3v) is 6.04.